The van der Waals surface area contributed by atoms with Crippen LogP contribution >= 0.6 is 0 Å². The summed E-state index contributed by atoms with van der Waals surface area (Å²) in [6.45, 7) is 1.23. The second kappa shape index (κ2) is 5.43. The molecule has 22 heavy (non-hydrogen) atoms. The minimum absolute atomic E-state index is 0.0637. The Morgan fingerprint density at radius 2 is 1.55 bits per heavy atom. The van der Waals surface area contributed by atoms with Gasteiger partial charge in [0.15, 0.2) is 0 Å². The molecule has 2 aromatic rings. The molecule has 2 heterocycles. The van der Waals surface area contributed by atoms with Gasteiger partial charge in [0, 0.05) is 12.5 Å². The Morgan fingerprint density at radius 1 is 0.909 bits per heavy atom. The maximum atomic E-state index is 12.2. The van der Waals surface area contributed by atoms with Crippen LogP contribution in [0.15, 0.2) is 71.8 Å². The third-order valence-electron chi connectivity index (χ3n) is 4.49. The maximum Gasteiger partial charge on any atom is 0.336 e. The van der Waals surface area contributed by atoms with Crippen molar-refractivity contribution in [1.82, 2.24) is 5.32 Å². The van der Waals surface area contributed by atoms with Crippen LogP contribution in [0.1, 0.15) is 23.1 Å². The molecule has 0 radical (unpaired) electrons. The molecule has 0 aromatic heterocycles. The van der Waals surface area contributed by atoms with Gasteiger partial charge in [-0.3, -0.25) is 0 Å². The molecule has 4 rings (SSSR count). The van der Waals surface area contributed by atoms with Gasteiger partial charge in [0.2, 0.25) is 0 Å². The average molecular weight is 291 g/mol. The molecule has 2 aromatic carbocycles. The lowest BCUT2D eigenvalue weighted by Crippen LogP contribution is -2.35. The van der Waals surface area contributed by atoms with Crippen LogP contribution in [0, 0.1) is 0 Å². The zero-order valence-electron chi connectivity index (χ0n) is 12.2. The van der Waals surface area contributed by atoms with E-state index in [9.17, 15) is 4.79 Å². The summed E-state index contributed by atoms with van der Waals surface area (Å²) in [6.07, 6.45) is 0. The molecule has 3 nitrogen and oxygen atoms in total. The second-order valence-electron chi connectivity index (χ2n) is 5.73. The molecule has 0 aliphatic carbocycles. The van der Waals surface area contributed by atoms with Crippen molar-refractivity contribution in [2.45, 2.75) is 12.0 Å². The van der Waals surface area contributed by atoms with Crippen molar-refractivity contribution in [3.63, 3.8) is 0 Å². The van der Waals surface area contributed by atoms with E-state index >= 15 is 0 Å². The van der Waals surface area contributed by atoms with Crippen LogP contribution < -0.4 is 5.32 Å². The number of carbonyl (C=O) groups is 1. The topological polar surface area (TPSA) is 38.3 Å². The molecule has 0 bridgehead atoms. The van der Waals surface area contributed by atoms with Gasteiger partial charge in [-0.15, -0.1) is 0 Å². The fraction of sp³-hybridized carbons (Fsp3) is 0.211. The summed E-state index contributed by atoms with van der Waals surface area (Å²) >= 11 is 0. The molecule has 2 aliphatic heterocycles. The van der Waals surface area contributed by atoms with Crippen molar-refractivity contribution in [3.05, 3.63) is 82.9 Å². The fourth-order valence-electron chi connectivity index (χ4n) is 3.42. The first-order chi connectivity index (χ1) is 10.8. The van der Waals surface area contributed by atoms with E-state index in [-0.39, 0.29) is 17.9 Å². The highest BCUT2D eigenvalue weighted by Gasteiger charge is 2.39. The summed E-state index contributed by atoms with van der Waals surface area (Å²) < 4.78 is 5.35. The normalized spacial score (nSPS) is 24.1. The fourth-order valence-corrected chi connectivity index (χ4v) is 3.42. The molecule has 0 fully saturated rings. The Hall–Kier alpha value is -2.39. The average Bonchev–Trinajstić information content (AvgIpc) is 2.98. The smallest absolute Gasteiger partial charge is 0.336 e. The van der Waals surface area contributed by atoms with Crippen molar-refractivity contribution in [2.75, 3.05) is 13.2 Å². The summed E-state index contributed by atoms with van der Waals surface area (Å²) in [4.78, 5) is 12.2. The number of hydrogen-bond donors (Lipinski definition) is 1. The molecule has 2 unspecified atom stereocenters. The summed E-state index contributed by atoms with van der Waals surface area (Å²) in [5.41, 5.74) is 4.27. The molecule has 2 aliphatic rings. The number of nitrogens with one attached hydrogen (secondary N) is 1. The van der Waals surface area contributed by atoms with Crippen LogP contribution in [0.5, 0.6) is 0 Å². The molecule has 3 heteroatoms. The lowest BCUT2D eigenvalue weighted by atomic mass is 9.82. The predicted molar refractivity (Wildman–Crippen MR) is 84.4 cm³/mol. The third-order valence-corrected chi connectivity index (χ3v) is 4.49. The highest BCUT2D eigenvalue weighted by atomic mass is 16.5. The zero-order chi connectivity index (χ0) is 14.9. The summed E-state index contributed by atoms with van der Waals surface area (Å²) in [5, 5.41) is 3.53. The maximum absolute atomic E-state index is 12.2. The van der Waals surface area contributed by atoms with Gasteiger partial charge >= 0.3 is 5.97 Å². The van der Waals surface area contributed by atoms with Gasteiger partial charge in [0.1, 0.15) is 6.61 Å². The Kier molecular flexibility index (Phi) is 3.28. The predicted octanol–water partition coefficient (Wildman–Crippen LogP) is 2.97. The van der Waals surface area contributed by atoms with Gasteiger partial charge in [-0.2, -0.15) is 0 Å². The lowest BCUT2D eigenvalue weighted by Gasteiger charge is -2.30. The van der Waals surface area contributed by atoms with E-state index in [1.54, 1.807) is 0 Å². The highest BCUT2D eigenvalue weighted by Crippen LogP contribution is 2.40. The Bertz CT molecular complexity index is 722. The standard InChI is InChI=1S/C19H17NO2/c21-19-17-16(12-22-19)15(13-7-3-1-4-8-13)11-20-18(17)14-9-5-2-6-10-14/h1-10,15,18,20H,11-12H2. The van der Waals surface area contributed by atoms with Crippen molar-refractivity contribution in [2.24, 2.45) is 0 Å². The zero-order valence-corrected chi connectivity index (χ0v) is 12.2. The molecule has 110 valence electrons. The second-order valence-corrected chi connectivity index (χ2v) is 5.73. The van der Waals surface area contributed by atoms with Crippen molar-refractivity contribution >= 4 is 5.97 Å². The molecule has 0 amide bonds. The molecule has 0 saturated heterocycles. The quantitative estimate of drug-likeness (QED) is 0.865. The number of carbonyl (C=O) groups excluding carboxylic acids is 1. The number of cyclic esters (lactones) is 1. The van der Waals surface area contributed by atoms with Crippen molar-refractivity contribution in [3.8, 4) is 0 Å². The van der Waals surface area contributed by atoms with Gasteiger partial charge in [-0.1, -0.05) is 60.7 Å². The third kappa shape index (κ3) is 2.14. The SMILES string of the molecule is O=C1OCC2=C1C(c1ccccc1)NCC2c1ccccc1. The Balaban J connectivity index is 1.78. The summed E-state index contributed by atoms with van der Waals surface area (Å²) in [5.74, 6) is 0.0274. The number of benzene rings is 2. The van der Waals surface area contributed by atoms with E-state index < -0.39 is 0 Å². The number of hydrogen-bond acceptors (Lipinski definition) is 3. The van der Waals surface area contributed by atoms with E-state index in [2.05, 4.69) is 29.6 Å². The molecular weight excluding hydrogens is 274 g/mol. The first kappa shape index (κ1) is 13.3. The molecule has 0 spiro atoms. The largest absolute Gasteiger partial charge is 0.458 e. The summed E-state index contributed by atoms with van der Waals surface area (Å²) in [6, 6.07) is 20.3. The Labute approximate surface area is 129 Å². The van der Waals surface area contributed by atoms with Crippen LogP contribution in [0.4, 0.5) is 0 Å². The lowest BCUT2D eigenvalue weighted by molar-refractivity contribution is -0.136. The van der Waals surface area contributed by atoms with E-state index in [0.717, 1.165) is 23.3 Å². The van der Waals surface area contributed by atoms with Gasteiger partial charge in [-0.05, 0) is 16.7 Å². The van der Waals surface area contributed by atoms with Crippen LogP contribution in [0.3, 0.4) is 0 Å². The number of ether oxygens (including phenoxy) is 1. The van der Waals surface area contributed by atoms with Gasteiger partial charge in [-0.25, -0.2) is 4.79 Å². The van der Waals surface area contributed by atoms with Crippen LogP contribution in [0.25, 0.3) is 0 Å². The first-order valence-corrected chi connectivity index (χ1v) is 7.58. The highest BCUT2D eigenvalue weighted by molar-refractivity contribution is 5.94. The van der Waals surface area contributed by atoms with Gasteiger partial charge in [0.25, 0.3) is 0 Å². The monoisotopic (exact) mass is 291 g/mol. The minimum atomic E-state index is -0.183. The van der Waals surface area contributed by atoms with Crippen LogP contribution in [-0.2, 0) is 9.53 Å². The first-order valence-electron chi connectivity index (χ1n) is 7.58. The number of rotatable bonds is 2. The van der Waals surface area contributed by atoms with E-state index in [1.165, 1.54) is 5.56 Å². The Morgan fingerprint density at radius 3 is 2.23 bits per heavy atom. The molecule has 0 saturated carbocycles. The van der Waals surface area contributed by atoms with Crippen molar-refractivity contribution in [1.29, 1.82) is 0 Å². The van der Waals surface area contributed by atoms with Gasteiger partial charge in [0.05, 0.1) is 11.6 Å². The van der Waals surface area contributed by atoms with Crippen molar-refractivity contribution < 1.29 is 9.53 Å². The molecule has 1 N–H and O–H groups in total. The summed E-state index contributed by atoms with van der Waals surface area (Å²) in [7, 11) is 0. The number of esters is 1. The van der Waals surface area contributed by atoms with E-state index in [0.29, 0.717) is 6.61 Å². The van der Waals surface area contributed by atoms with Crippen LogP contribution in [0.2, 0.25) is 0 Å². The molecular formula is C19H17NO2. The minimum Gasteiger partial charge on any atom is -0.458 e. The van der Waals surface area contributed by atoms with E-state index in [4.69, 9.17) is 4.74 Å². The van der Waals surface area contributed by atoms with Crippen LogP contribution in [-0.4, -0.2) is 19.1 Å². The van der Waals surface area contributed by atoms with Gasteiger partial charge < -0.3 is 10.1 Å². The molecule has 2 atom stereocenters. The van der Waals surface area contributed by atoms with E-state index in [1.807, 2.05) is 36.4 Å².